The zero-order chi connectivity index (χ0) is 15.2. The molecule has 5 nitrogen and oxygen atoms in total. The first-order valence-corrected chi connectivity index (χ1v) is 7.88. The van der Waals surface area contributed by atoms with E-state index in [0.29, 0.717) is 19.1 Å². The van der Waals surface area contributed by atoms with E-state index in [1.807, 2.05) is 0 Å². The first kappa shape index (κ1) is 16.9. The van der Waals surface area contributed by atoms with Crippen LogP contribution in [0.5, 0.6) is 5.75 Å². The molecule has 1 aromatic carbocycles. The first-order chi connectivity index (χ1) is 9.30. The summed E-state index contributed by atoms with van der Waals surface area (Å²) in [6.45, 7) is 5.31. The average Bonchev–Trinajstić information content (AvgIpc) is 2.33. The van der Waals surface area contributed by atoms with Crippen molar-refractivity contribution in [1.29, 1.82) is 0 Å². The summed E-state index contributed by atoms with van der Waals surface area (Å²) >= 11 is 0. The van der Waals surface area contributed by atoms with Gasteiger partial charge in [0.25, 0.3) is 0 Å². The Bertz CT molecular complexity index is 531. The number of rotatable bonds is 8. The van der Waals surface area contributed by atoms with Crippen molar-refractivity contribution in [1.82, 2.24) is 0 Å². The number of sulfonamides is 1. The molecule has 0 bridgehead atoms. The maximum absolute atomic E-state index is 13.0. The molecule has 20 heavy (non-hydrogen) atoms. The molecule has 114 valence electrons. The van der Waals surface area contributed by atoms with E-state index in [9.17, 15) is 12.8 Å². The number of ether oxygens (including phenoxy) is 2. The standard InChI is InChI=1S/C13H20FNO4S/c1-10(2)5-6-18-7-8-19-12-4-3-11(14)9-13(12)20(15,16)17/h3-4,9-10H,5-8H2,1-2H3,(H2,15,16,17). The summed E-state index contributed by atoms with van der Waals surface area (Å²) in [5.41, 5.74) is 0. The molecule has 7 heteroatoms. The van der Waals surface area contributed by atoms with Crippen LogP contribution in [0, 0.1) is 11.7 Å². The largest absolute Gasteiger partial charge is 0.490 e. The van der Waals surface area contributed by atoms with Gasteiger partial charge < -0.3 is 9.47 Å². The van der Waals surface area contributed by atoms with Crippen molar-refractivity contribution in [2.75, 3.05) is 19.8 Å². The molecule has 0 aliphatic rings. The van der Waals surface area contributed by atoms with Gasteiger partial charge in [-0.25, -0.2) is 17.9 Å². The van der Waals surface area contributed by atoms with Crippen molar-refractivity contribution in [3.8, 4) is 5.75 Å². The Hall–Kier alpha value is -1.18. The van der Waals surface area contributed by atoms with Crippen molar-refractivity contribution in [2.45, 2.75) is 25.2 Å². The lowest BCUT2D eigenvalue weighted by Gasteiger charge is -2.11. The molecule has 0 spiro atoms. The Morgan fingerprint density at radius 3 is 2.55 bits per heavy atom. The van der Waals surface area contributed by atoms with E-state index in [-0.39, 0.29) is 17.3 Å². The SMILES string of the molecule is CC(C)CCOCCOc1ccc(F)cc1S(N)(=O)=O. The molecule has 0 aromatic heterocycles. The quantitative estimate of drug-likeness (QED) is 0.744. The number of benzene rings is 1. The highest BCUT2D eigenvalue weighted by molar-refractivity contribution is 7.89. The maximum Gasteiger partial charge on any atom is 0.241 e. The van der Waals surface area contributed by atoms with E-state index in [0.717, 1.165) is 18.6 Å². The van der Waals surface area contributed by atoms with Gasteiger partial charge in [0, 0.05) is 6.61 Å². The van der Waals surface area contributed by atoms with Crippen LogP contribution in [0.1, 0.15) is 20.3 Å². The molecule has 0 radical (unpaired) electrons. The molecule has 0 atom stereocenters. The monoisotopic (exact) mass is 305 g/mol. The lowest BCUT2D eigenvalue weighted by atomic mass is 10.1. The maximum atomic E-state index is 13.0. The Balaban J connectivity index is 2.52. The summed E-state index contributed by atoms with van der Waals surface area (Å²) < 4.78 is 46.3. The van der Waals surface area contributed by atoms with Crippen LogP contribution >= 0.6 is 0 Å². The minimum absolute atomic E-state index is 0.0290. The summed E-state index contributed by atoms with van der Waals surface area (Å²) in [5, 5.41) is 5.01. The van der Waals surface area contributed by atoms with Crippen molar-refractivity contribution >= 4 is 10.0 Å². The molecule has 0 saturated carbocycles. The Morgan fingerprint density at radius 1 is 1.25 bits per heavy atom. The van der Waals surface area contributed by atoms with Crippen molar-refractivity contribution < 1.29 is 22.3 Å². The van der Waals surface area contributed by atoms with Gasteiger partial charge in [-0.1, -0.05) is 13.8 Å². The minimum atomic E-state index is -4.02. The highest BCUT2D eigenvalue weighted by Crippen LogP contribution is 2.23. The fraction of sp³-hybridized carbons (Fsp3) is 0.538. The molecular weight excluding hydrogens is 285 g/mol. The Labute approximate surface area is 118 Å². The van der Waals surface area contributed by atoms with E-state index >= 15 is 0 Å². The molecule has 0 aliphatic carbocycles. The lowest BCUT2D eigenvalue weighted by molar-refractivity contribution is 0.0916. The van der Waals surface area contributed by atoms with E-state index in [1.54, 1.807) is 0 Å². The highest BCUT2D eigenvalue weighted by atomic mass is 32.2. The molecule has 1 rings (SSSR count). The summed E-state index contributed by atoms with van der Waals surface area (Å²) in [5.74, 6) is -0.0991. The topological polar surface area (TPSA) is 78.6 Å². The first-order valence-electron chi connectivity index (χ1n) is 6.33. The number of hydrogen-bond acceptors (Lipinski definition) is 4. The van der Waals surface area contributed by atoms with Crippen LogP contribution in [-0.2, 0) is 14.8 Å². The summed E-state index contributed by atoms with van der Waals surface area (Å²) in [4.78, 5) is -0.361. The number of halogens is 1. The second kappa shape index (κ2) is 7.56. The third-order valence-electron chi connectivity index (χ3n) is 2.54. The van der Waals surface area contributed by atoms with Crippen LogP contribution in [-0.4, -0.2) is 28.2 Å². The van der Waals surface area contributed by atoms with Crippen molar-refractivity contribution in [3.63, 3.8) is 0 Å². The normalized spacial score (nSPS) is 11.8. The summed E-state index contributed by atoms with van der Waals surface area (Å²) in [7, 11) is -4.02. The predicted molar refractivity (Wildman–Crippen MR) is 73.5 cm³/mol. The summed E-state index contributed by atoms with van der Waals surface area (Å²) in [6.07, 6.45) is 0.943. The zero-order valence-corrected chi connectivity index (χ0v) is 12.5. The number of hydrogen-bond donors (Lipinski definition) is 1. The van der Waals surface area contributed by atoms with Gasteiger partial charge in [-0.05, 0) is 30.5 Å². The number of nitrogens with two attached hydrogens (primary N) is 1. The van der Waals surface area contributed by atoms with E-state index in [1.165, 1.54) is 6.07 Å². The molecule has 0 aliphatic heterocycles. The molecule has 1 aromatic rings. The predicted octanol–water partition coefficient (Wildman–Crippen LogP) is 1.91. The van der Waals surface area contributed by atoms with Gasteiger partial charge in [0.15, 0.2) is 0 Å². The van der Waals surface area contributed by atoms with Crippen LogP contribution in [0.3, 0.4) is 0 Å². The third-order valence-corrected chi connectivity index (χ3v) is 3.47. The second-order valence-electron chi connectivity index (χ2n) is 4.78. The van der Waals surface area contributed by atoms with Gasteiger partial charge in [0.05, 0.1) is 6.61 Å². The number of primary sulfonamides is 1. The van der Waals surface area contributed by atoms with Crippen LogP contribution in [0.25, 0.3) is 0 Å². The molecule has 0 heterocycles. The molecule has 0 amide bonds. The van der Waals surface area contributed by atoms with Gasteiger partial charge in [0.2, 0.25) is 10.0 Å². The van der Waals surface area contributed by atoms with E-state index in [2.05, 4.69) is 13.8 Å². The smallest absolute Gasteiger partial charge is 0.241 e. The van der Waals surface area contributed by atoms with Crippen LogP contribution < -0.4 is 9.88 Å². The minimum Gasteiger partial charge on any atom is -0.490 e. The average molecular weight is 305 g/mol. The van der Waals surface area contributed by atoms with Crippen LogP contribution in [0.4, 0.5) is 4.39 Å². The molecule has 2 N–H and O–H groups in total. The highest BCUT2D eigenvalue weighted by Gasteiger charge is 2.16. The Morgan fingerprint density at radius 2 is 1.95 bits per heavy atom. The lowest BCUT2D eigenvalue weighted by Crippen LogP contribution is -2.16. The van der Waals surface area contributed by atoms with Gasteiger partial charge in [0.1, 0.15) is 23.1 Å². The van der Waals surface area contributed by atoms with E-state index < -0.39 is 15.8 Å². The van der Waals surface area contributed by atoms with Gasteiger partial charge in [-0.15, -0.1) is 0 Å². The third kappa shape index (κ3) is 5.85. The molecule has 0 fully saturated rings. The van der Waals surface area contributed by atoms with Crippen LogP contribution in [0.15, 0.2) is 23.1 Å². The van der Waals surface area contributed by atoms with Gasteiger partial charge in [-0.3, -0.25) is 0 Å². The molecule has 0 saturated heterocycles. The molecular formula is C13H20FNO4S. The van der Waals surface area contributed by atoms with Gasteiger partial charge in [-0.2, -0.15) is 0 Å². The van der Waals surface area contributed by atoms with Crippen molar-refractivity contribution in [2.24, 2.45) is 11.1 Å². The fourth-order valence-corrected chi connectivity index (χ4v) is 2.14. The van der Waals surface area contributed by atoms with Gasteiger partial charge >= 0.3 is 0 Å². The van der Waals surface area contributed by atoms with Crippen molar-refractivity contribution in [3.05, 3.63) is 24.0 Å². The fourth-order valence-electron chi connectivity index (χ4n) is 1.46. The van der Waals surface area contributed by atoms with E-state index in [4.69, 9.17) is 14.6 Å². The second-order valence-corrected chi connectivity index (χ2v) is 6.31. The zero-order valence-electron chi connectivity index (χ0n) is 11.6. The Kier molecular flexibility index (Phi) is 6.38. The molecule has 0 unspecified atom stereocenters. The summed E-state index contributed by atoms with van der Waals surface area (Å²) in [6, 6.07) is 3.19. The van der Waals surface area contributed by atoms with Crippen LogP contribution in [0.2, 0.25) is 0 Å².